The predicted molar refractivity (Wildman–Crippen MR) is 96.4 cm³/mol. The lowest BCUT2D eigenvalue weighted by atomic mass is 9.79. The molecule has 2 rings (SSSR count). The van der Waals surface area contributed by atoms with Gasteiger partial charge in [-0.05, 0) is 46.0 Å². The van der Waals surface area contributed by atoms with Gasteiger partial charge in [0.2, 0.25) is 0 Å². The Morgan fingerprint density at radius 3 is 2.36 bits per heavy atom. The molecule has 28 heavy (non-hydrogen) atoms. The first-order valence-electron chi connectivity index (χ1n) is 9.81. The monoisotopic (exact) mass is 408 g/mol. The molecule has 5 nitrogen and oxygen atoms in total. The van der Waals surface area contributed by atoms with Gasteiger partial charge in [-0.15, -0.1) is 0 Å². The Balaban J connectivity index is 2.24. The van der Waals surface area contributed by atoms with Crippen LogP contribution >= 0.6 is 0 Å². The largest absolute Gasteiger partial charge is 0.459 e. The molecule has 0 radical (unpaired) electrons. The summed E-state index contributed by atoms with van der Waals surface area (Å²) in [6, 6.07) is 0. The van der Waals surface area contributed by atoms with Crippen molar-refractivity contribution in [2.24, 2.45) is 5.92 Å². The van der Waals surface area contributed by atoms with Crippen molar-refractivity contribution in [1.29, 1.82) is 0 Å². The fourth-order valence-electron chi connectivity index (χ4n) is 4.52. The minimum Gasteiger partial charge on any atom is -0.459 e. The van der Waals surface area contributed by atoms with Crippen LogP contribution in [0.1, 0.15) is 66.2 Å². The smallest absolute Gasteiger partial charge is 0.443 e. The van der Waals surface area contributed by atoms with Crippen LogP contribution in [0.5, 0.6) is 0 Å². The van der Waals surface area contributed by atoms with Gasteiger partial charge in [-0.2, -0.15) is 13.2 Å². The first-order chi connectivity index (χ1) is 12.8. The van der Waals surface area contributed by atoms with Gasteiger partial charge >= 0.3 is 12.1 Å². The average molecular weight is 408 g/mol. The molecule has 1 N–H and O–H groups in total. The topological polar surface area (TPSA) is 65.0 Å². The minimum atomic E-state index is -4.90. The number of carbonyl (C=O) groups excluding carboxylic acids is 1. The second kappa shape index (κ2) is 7.95. The number of hydrogen-bond acceptors (Lipinski definition) is 5. The van der Waals surface area contributed by atoms with E-state index in [-0.39, 0.29) is 18.6 Å². The van der Waals surface area contributed by atoms with Crippen molar-refractivity contribution >= 4 is 5.97 Å². The standard InChI is InChI=1S/C20H31F3O5/c1-6-18(7-2,14-9-8-10-15(14)27-16(24)13(3)4)28-17(5)11-19(25,26-12-17)20(21,22)23/h14-15,25H,3,6-12H2,1-2,4-5H3. The average Bonchev–Trinajstić information content (AvgIpc) is 3.18. The van der Waals surface area contributed by atoms with Crippen LogP contribution in [0.2, 0.25) is 0 Å². The van der Waals surface area contributed by atoms with Gasteiger partial charge in [0.05, 0.1) is 17.8 Å². The summed E-state index contributed by atoms with van der Waals surface area (Å²) in [6.07, 6.45) is -2.65. The van der Waals surface area contributed by atoms with E-state index in [1.807, 2.05) is 13.8 Å². The third-order valence-corrected chi connectivity index (χ3v) is 6.05. The first kappa shape index (κ1) is 23.2. The maximum Gasteiger partial charge on any atom is 0.443 e. The van der Waals surface area contributed by atoms with Gasteiger partial charge in [-0.3, -0.25) is 0 Å². The molecule has 1 saturated carbocycles. The van der Waals surface area contributed by atoms with Gasteiger partial charge in [0.1, 0.15) is 6.10 Å². The van der Waals surface area contributed by atoms with E-state index in [1.54, 1.807) is 6.92 Å². The Morgan fingerprint density at radius 2 is 1.89 bits per heavy atom. The van der Waals surface area contributed by atoms with Crippen LogP contribution in [0.3, 0.4) is 0 Å². The van der Waals surface area contributed by atoms with Crippen LogP contribution < -0.4 is 0 Å². The van der Waals surface area contributed by atoms with Crippen molar-refractivity contribution in [3.05, 3.63) is 12.2 Å². The zero-order valence-corrected chi connectivity index (χ0v) is 17.0. The molecule has 0 spiro atoms. The molecule has 0 bridgehead atoms. The van der Waals surface area contributed by atoms with E-state index in [1.165, 1.54) is 6.92 Å². The highest BCUT2D eigenvalue weighted by Crippen LogP contribution is 2.50. The number of ether oxygens (including phenoxy) is 3. The SMILES string of the molecule is C=C(C)C(=O)OC1CCCC1C(CC)(CC)OC1(C)COC(O)(C(F)(F)F)C1. The van der Waals surface area contributed by atoms with Crippen LogP contribution in [-0.4, -0.2) is 47.0 Å². The van der Waals surface area contributed by atoms with Crippen molar-refractivity contribution in [1.82, 2.24) is 0 Å². The van der Waals surface area contributed by atoms with Crippen molar-refractivity contribution in [2.75, 3.05) is 6.61 Å². The predicted octanol–water partition coefficient (Wildman–Crippen LogP) is 4.28. The van der Waals surface area contributed by atoms with Crippen LogP contribution in [0.25, 0.3) is 0 Å². The third kappa shape index (κ3) is 4.39. The highest BCUT2D eigenvalue weighted by Gasteiger charge is 2.64. The number of halogens is 3. The summed E-state index contributed by atoms with van der Waals surface area (Å²) in [5.41, 5.74) is -1.79. The Labute approximate surface area is 164 Å². The van der Waals surface area contributed by atoms with Crippen LogP contribution in [0, 0.1) is 5.92 Å². The zero-order chi connectivity index (χ0) is 21.4. The lowest BCUT2D eigenvalue weighted by Gasteiger charge is -2.45. The number of hydrogen-bond donors (Lipinski definition) is 1. The molecule has 4 atom stereocenters. The minimum absolute atomic E-state index is 0.151. The summed E-state index contributed by atoms with van der Waals surface area (Å²) >= 11 is 0. The van der Waals surface area contributed by atoms with Crippen molar-refractivity contribution in [2.45, 2.75) is 95.5 Å². The van der Waals surface area contributed by atoms with Gasteiger partial charge in [0.25, 0.3) is 5.79 Å². The highest BCUT2D eigenvalue weighted by molar-refractivity contribution is 5.87. The van der Waals surface area contributed by atoms with Crippen LogP contribution in [-0.2, 0) is 19.0 Å². The summed E-state index contributed by atoms with van der Waals surface area (Å²) in [7, 11) is 0. The summed E-state index contributed by atoms with van der Waals surface area (Å²) in [5, 5.41) is 9.90. The van der Waals surface area contributed by atoms with E-state index in [0.29, 0.717) is 24.8 Å². The molecule has 0 aromatic heterocycles. The number of esters is 1. The van der Waals surface area contributed by atoms with E-state index in [2.05, 4.69) is 6.58 Å². The summed E-state index contributed by atoms with van der Waals surface area (Å²) in [4.78, 5) is 12.0. The zero-order valence-electron chi connectivity index (χ0n) is 17.0. The molecule has 4 unspecified atom stereocenters. The normalized spacial score (nSPS) is 33.9. The maximum atomic E-state index is 13.2. The molecule has 2 aliphatic rings. The molecular formula is C20H31F3O5. The number of carbonyl (C=O) groups is 1. The number of rotatable bonds is 7. The Morgan fingerprint density at radius 1 is 1.29 bits per heavy atom. The van der Waals surface area contributed by atoms with Crippen molar-refractivity contribution in [3.8, 4) is 0 Å². The molecule has 162 valence electrons. The molecule has 0 aromatic rings. The van der Waals surface area contributed by atoms with Gasteiger partial charge < -0.3 is 19.3 Å². The van der Waals surface area contributed by atoms with Gasteiger partial charge in [0.15, 0.2) is 0 Å². The molecule has 0 aromatic carbocycles. The lowest BCUT2D eigenvalue weighted by Crippen LogP contribution is -2.52. The Bertz CT molecular complexity index is 601. The third-order valence-electron chi connectivity index (χ3n) is 6.05. The van der Waals surface area contributed by atoms with Crippen LogP contribution in [0.4, 0.5) is 13.2 Å². The van der Waals surface area contributed by atoms with Crippen LogP contribution in [0.15, 0.2) is 12.2 Å². The molecule has 1 saturated heterocycles. The second-order valence-electron chi connectivity index (χ2n) is 8.33. The Hall–Kier alpha value is -1.12. The molecule has 1 heterocycles. The van der Waals surface area contributed by atoms with E-state index < -0.39 is 35.6 Å². The molecule has 8 heteroatoms. The summed E-state index contributed by atoms with van der Waals surface area (Å²) in [6.45, 7) is 10.2. The summed E-state index contributed by atoms with van der Waals surface area (Å²) < 4.78 is 56.2. The molecule has 0 amide bonds. The van der Waals surface area contributed by atoms with E-state index in [0.717, 1.165) is 12.8 Å². The van der Waals surface area contributed by atoms with Gasteiger partial charge in [-0.25, -0.2) is 4.79 Å². The molecule has 1 aliphatic heterocycles. The van der Waals surface area contributed by atoms with Gasteiger partial charge in [-0.1, -0.05) is 20.4 Å². The van der Waals surface area contributed by atoms with E-state index in [9.17, 15) is 23.1 Å². The van der Waals surface area contributed by atoms with Gasteiger partial charge in [0, 0.05) is 17.9 Å². The fraction of sp³-hybridized carbons (Fsp3) is 0.850. The quantitative estimate of drug-likeness (QED) is 0.503. The number of alkyl halides is 3. The summed E-state index contributed by atoms with van der Waals surface area (Å²) in [5.74, 6) is -3.83. The van der Waals surface area contributed by atoms with Crippen molar-refractivity contribution < 1.29 is 37.3 Å². The molecule has 1 aliphatic carbocycles. The molecule has 2 fully saturated rings. The fourth-order valence-corrected chi connectivity index (χ4v) is 4.52. The maximum absolute atomic E-state index is 13.2. The van der Waals surface area contributed by atoms with E-state index in [4.69, 9.17) is 14.2 Å². The second-order valence-corrected chi connectivity index (χ2v) is 8.33. The first-order valence-corrected chi connectivity index (χ1v) is 9.81. The number of aliphatic hydroxyl groups is 1. The van der Waals surface area contributed by atoms with Crippen molar-refractivity contribution in [3.63, 3.8) is 0 Å². The molecular weight excluding hydrogens is 377 g/mol. The van der Waals surface area contributed by atoms with E-state index >= 15 is 0 Å². The Kier molecular flexibility index (Phi) is 6.58. The highest BCUT2D eigenvalue weighted by atomic mass is 19.4. The lowest BCUT2D eigenvalue weighted by molar-refractivity contribution is -0.349.